The number of guanidine groups is 1. The quantitative estimate of drug-likeness (QED) is 0.126. The zero-order valence-corrected chi connectivity index (χ0v) is 24.1. The van der Waals surface area contributed by atoms with Crippen LogP contribution < -0.4 is 38.1 Å². The fourth-order valence-electron chi connectivity index (χ4n) is 4.25. The van der Waals surface area contributed by atoms with Gasteiger partial charge < -0.3 is 38.1 Å². The van der Waals surface area contributed by atoms with Gasteiger partial charge in [-0.1, -0.05) is 51.1 Å². The van der Waals surface area contributed by atoms with E-state index in [0.717, 1.165) is 0 Å². The number of carbonyl (C=O) groups excluding carboxylic acids is 5. The normalized spacial score (nSPS) is 23.0. The number of nitrogens with two attached hydrogens (primary N) is 2. The lowest BCUT2D eigenvalue weighted by atomic mass is 10.0. The molecular weight excluding hydrogens is 528 g/mol. The topological polar surface area (TPSA) is 210 Å². The number of hydrogen-bond acceptors (Lipinski definition) is 6. The molecule has 1 aliphatic rings. The monoisotopic (exact) mass is 572 g/mol. The van der Waals surface area contributed by atoms with Crippen molar-refractivity contribution in [3.05, 3.63) is 35.9 Å². The SMILES string of the molecule is CC[C@@H]1NC(=O)[C@H](CCCN=C(N)N)NC(=O)[C@H](NC(=O)C(C)C)CCCCNC(=O)[C@@H](c2ccccc2)NC1=O. The van der Waals surface area contributed by atoms with Crippen LogP contribution in [0.2, 0.25) is 0 Å². The summed E-state index contributed by atoms with van der Waals surface area (Å²) in [4.78, 5) is 69.5. The molecule has 13 heteroatoms. The van der Waals surface area contributed by atoms with Crippen molar-refractivity contribution in [2.24, 2.45) is 22.4 Å². The van der Waals surface area contributed by atoms with Gasteiger partial charge in [-0.25, -0.2) is 0 Å². The molecular formula is C28H44N8O5. The van der Waals surface area contributed by atoms with Gasteiger partial charge in [-0.15, -0.1) is 0 Å². The lowest BCUT2D eigenvalue weighted by Gasteiger charge is -2.27. The van der Waals surface area contributed by atoms with Crippen molar-refractivity contribution in [2.45, 2.75) is 83.5 Å². The van der Waals surface area contributed by atoms with E-state index in [9.17, 15) is 24.0 Å². The highest BCUT2D eigenvalue weighted by Crippen LogP contribution is 2.14. The van der Waals surface area contributed by atoms with Crippen molar-refractivity contribution >= 4 is 35.5 Å². The standard InChI is InChI=1S/C28H44N8O5/c1-4-19-24(38)36-22(18-11-6-5-7-12-18)27(41)31-15-9-8-13-20(34-23(37)17(2)3)26(40)35-21(25(39)33-19)14-10-16-32-28(29)30/h5-7,11-12,17,19-22H,4,8-10,13-16H2,1-3H3,(H,31,41)(H,33,39)(H,34,37)(H,35,40)(H,36,38)(H4,29,30,32)/t19-,20+,21-,22+/m0/s1. The summed E-state index contributed by atoms with van der Waals surface area (Å²) >= 11 is 0. The van der Waals surface area contributed by atoms with E-state index in [4.69, 9.17) is 11.5 Å². The van der Waals surface area contributed by atoms with E-state index < -0.39 is 47.8 Å². The second-order valence-electron chi connectivity index (χ2n) is 10.3. The Kier molecular flexibility index (Phi) is 13.6. The van der Waals surface area contributed by atoms with Crippen LogP contribution in [0.3, 0.4) is 0 Å². The molecule has 1 heterocycles. The van der Waals surface area contributed by atoms with E-state index in [1.807, 2.05) is 6.07 Å². The summed E-state index contributed by atoms with van der Waals surface area (Å²) in [5, 5.41) is 13.8. The number of amides is 5. The van der Waals surface area contributed by atoms with Crippen LogP contribution in [-0.2, 0) is 24.0 Å². The van der Waals surface area contributed by atoms with E-state index in [-0.39, 0.29) is 37.2 Å². The molecule has 1 aliphatic heterocycles. The summed E-state index contributed by atoms with van der Waals surface area (Å²) in [5.74, 6) is -2.75. The molecule has 0 aliphatic carbocycles. The highest BCUT2D eigenvalue weighted by Gasteiger charge is 2.31. The number of carbonyl (C=O) groups is 5. The van der Waals surface area contributed by atoms with Crippen LogP contribution in [0.4, 0.5) is 0 Å². The van der Waals surface area contributed by atoms with Gasteiger partial charge in [-0.05, 0) is 44.1 Å². The van der Waals surface area contributed by atoms with Gasteiger partial charge in [0.05, 0.1) is 0 Å². The number of benzene rings is 1. The average molecular weight is 573 g/mol. The van der Waals surface area contributed by atoms with Crippen LogP contribution in [0.15, 0.2) is 35.3 Å². The fraction of sp³-hybridized carbons (Fsp3) is 0.571. The highest BCUT2D eigenvalue weighted by molar-refractivity contribution is 5.95. The van der Waals surface area contributed by atoms with E-state index in [0.29, 0.717) is 37.8 Å². The molecule has 9 N–H and O–H groups in total. The van der Waals surface area contributed by atoms with Gasteiger partial charge in [0.1, 0.15) is 24.2 Å². The predicted octanol–water partition coefficient (Wildman–Crippen LogP) is -0.282. The number of aliphatic imine (C=N–C) groups is 1. The van der Waals surface area contributed by atoms with E-state index in [1.165, 1.54) is 0 Å². The summed E-state index contributed by atoms with van der Waals surface area (Å²) in [6.45, 7) is 5.71. The largest absolute Gasteiger partial charge is 0.370 e. The molecule has 4 atom stereocenters. The maximum atomic E-state index is 13.4. The number of rotatable bonds is 8. The molecule has 0 aromatic heterocycles. The highest BCUT2D eigenvalue weighted by atomic mass is 16.2. The van der Waals surface area contributed by atoms with E-state index in [2.05, 4.69) is 31.6 Å². The second kappa shape index (κ2) is 16.8. The molecule has 0 saturated carbocycles. The number of nitrogens with one attached hydrogen (secondary N) is 5. The summed E-state index contributed by atoms with van der Waals surface area (Å²) < 4.78 is 0. The summed E-state index contributed by atoms with van der Waals surface area (Å²) in [5.41, 5.74) is 11.4. The van der Waals surface area contributed by atoms with Crippen LogP contribution in [0.5, 0.6) is 0 Å². The van der Waals surface area contributed by atoms with Crippen molar-refractivity contribution in [2.75, 3.05) is 13.1 Å². The summed E-state index contributed by atoms with van der Waals surface area (Å²) in [6, 6.07) is 5.01. The molecule has 0 bridgehead atoms. The smallest absolute Gasteiger partial charge is 0.247 e. The van der Waals surface area contributed by atoms with Crippen molar-refractivity contribution in [1.82, 2.24) is 26.6 Å². The third kappa shape index (κ3) is 11.1. The first kappa shape index (κ1) is 33.0. The zero-order valence-electron chi connectivity index (χ0n) is 24.1. The Morgan fingerprint density at radius 3 is 2.24 bits per heavy atom. The molecule has 0 spiro atoms. The molecule has 1 saturated heterocycles. The van der Waals surface area contributed by atoms with Crippen molar-refractivity contribution in [3.63, 3.8) is 0 Å². The van der Waals surface area contributed by atoms with Crippen molar-refractivity contribution < 1.29 is 24.0 Å². The molecule has 2 rings (SSSR count). The third-order valence-corrected chi connectivity index (χ3v) is 6.68. The molecule has 0 radical (unpaired) electrons. The number of hydrogen-bond donors (Lipinski definition) is 7. The van der Waals surface area contributed by atoms with Crippen molar-refractivity contribution in [1.29, 1.82) is 0 Å². The Labute approximate surface area is 241 Å². The first-order valence-corrected chi connectivity index (χ1v) is 14.1. The first-order valence-electron chi connectivity index (χ1n) is 14.1. The lowest BCUT2D eigenvalue weighted by molar-refractivity contribution is -0.135. The van der Waals surface area contributed by atoms with Gasteiger partial charge in [0.25, 0.3) is 0 Å². The van der Waals surface area contributed by atoms with Crippen LogP contribution in [-0.4, -0.2) is 66.7 Å². The molecule has 13 nitrogen and oxygen atoms in total. The summed E-state index contributed by atoms with van der Waals surface area (Å²) in [7, 11) is 0. The third-order valence-electron chi connectivity index (χ3n) is 6.68. The maximum Gasteiger partial charge on any atom is 0.247 e. The van der Waals surface area contributed by atoms with Crippen LogP contribution in [0.25, 0.3) is 0 Å². The van der Waals surface area contributed by atoms with Gasteiger partial charge in [0, 0.05) is 19.0 Å². The molecule has 5 amide bonds. The molecule has 41 heavy (non-hydrogen) atoms. The van der Waals surface area contributed by atoms with E-state index >= 15 is 0 Å². The second-order valence-corrected chi connectivity index (χ2v) is 10.3. The van der Waals surface area contributed by atoms with Gasteiger partial charge in [-0.3, -0.25) is 29.0 Å². The van der Waals surface area contributed by atoms with Crippen LogP contribution in [0.1, 0.15) is 70.9 Å². The molecule has 1 aromatic carbocycles. The minimum Gasteiger partial charge on any atom is -0.370 e. The Bertz CT molecular complexity index is 1070. The van der Waals surface area contributed by atoms with Crippen LogP contribution in [0, 0.1) is 5.92 Å². The van der Waals surface area contributed by atoms with Gasteiger partial charge in [-0.2, -0.15) is 0 Å². The maximum absolute atomic E-state index is 13.4. The minimum absolute atomic E-state index is 0.0901. The first-order chi connectivity index (χ1) is 19.5. The lowest BCUT2D eigenvalue weighted by Crippen LogP contribution is -2.57. The fourth-order valence-corrected chi connectivity index (χ4v) is 4.25. The predicted molar refractivity (Wildman–Crippen MR) is 155 cm³/mol. The van der Waals surface area contributed by atoms with Gasteiger partial charge >= 0.3 is 0 Å². The average Bonchev–Trinajstić information content (AvgIpc) is 2.94. The van der Waals surface area contributed by atoms with Gasteiger partial charge in [0.15, 0.2) is 5.96 Å². The van der Waals surface area contributed by atoms with Crippen LogP contribution >= 0.6 is 0 Å². The Hall–Kier alpha value is -4.16. The molecule has 1 aromatic rings. The molecule has 1 fully saturated rings. The Morgan fingerprint density at radius 2 is 1.61 bits per heavy atom. The zero-order chi connectivity index (χ0) is 30.4. The van der Waals surface area contributed by atoms with Crippen molar-refractivity contribution in [3.8, 4) is 0 Å². The van der Waals surface area contributed by atoms with E-state index in [1.54, 1.807) is 45.0 Å². The minimum atomic E-state index is -1.02. The Balaban J connectivity index is 2.36. The molecule has 226 valence electrons. The number of nitrogens with zero attached hydrogens (tertiary/aromatic N) is 1. The molecule has 0 unspecified atom stereocenters. The van der Waals surface area contributed by atoms with Gasteiger partial charge in [0.2, 0.25) is 29.5 Å². The summed E-state index contributed by atoms with van der Waals surface area (Å²) in [6.07, 6.45) is 2.15. The Morgan fingerprint density at radius 1 is 0.951 bits per heavy atom.